The molecule has 3 rings (SSSR count). The summed E-state index contributed by atoms with van der Waals surface area (Å²) in [6.45, 7) is 0.342. The lowest BCUT2D eigenvalue weighted by Gasteiger charge is -2.09. The largest absolute Gasteiger partial charge is 0.352 e. The summed E-state index contributed by atoms with van der Waals surface area (Å²) in [5.74, 6) is -1.07. The molecule has 2 aromatic carbocycles. The SMILES string of the molecule is Cn1c(NCc2ccc(F)c(F)c2Br)nc2ccccc21. The van der Waals surface area contributed by atoms with Gasteiger partial charge in [0.1, 0.15) is 0 Å². The molecule has 0 bridgehead atoms. The molecule has 6 heteroatoms. The highest BCUT2D eigenvalue weighted by molar-refractivity contribution is 9.10. The molecule has 0 spiro atoms. The van der Waals surface area contributed by atoms with Gasteiger partial charge in [-0.1, -0.05) is 18.2 Å². The maximum Gasteiger partial charge on any atom is 0.203 e. The Morgan fingerprint density at radius 3 is 2.71 bits per heavy atom. The summed E-state index contributed by atoms with van der Waals surface area (Å²) in [6.07, 6.45) is 0. The zero-order valence-corrected chi connectivity index (χ0v) is 12.8. The van der Waals surface area contributed by atoms with Gasteiger partial charge in [0.05, 0.1) is 15.5 Å². The van der Waals surface area contributed by atoms with Gasteiger partial charge in [0.25, 0.3) is 0 Å². The summed E-state index contributed by atoms with van der Waals surface area (Å²) in [4.78, 5) is 4.47. The molecule has 0 atom stereocenters. The Balaban J connectivity index is 1.87. The molecule has 0 saturated carbocycles. The van der Waals surface area contributed by atoms with Crippen LogP contribution in [0.15, 0.2) is 40.9 Å². The van der Waals surface area contributed by atoms with Crippen LogP contribution in [0.25, 0.3) is 11.0 Å². The van der Waals surface area contributed by atoms with E-state index in [1.165, 1.54) is 6.07 Å². The molecule has 0 aliphatic carbocycles. The van der Waals surface area contributed by atoms with Crippen molar-refractivity contribution in [3.8, 4) is 0 Å². The molecular weight excluding hydrogens is 340 g/mol. The highest BCUT2D eigenvalue weighted by Gasteiger charge is 2.12. The van der Waals surface area contributed by atoms with Gasteiger partial charge in [-0.3, -0.25) is 0 Å². The second-order valence-corrected chi connectivity index (χ2v) is 5.46. The Hall–Kier alpha value is -1.95. The zero-order valence-electron chi connectivity index (χ0n) is 11.2. The number of aromatic nitrogens is 2. The van der Waals surface area contributed by atoms with Crippen LogP contribution in [0.5, 0.6) is 0 Å². The summed E-state index contributed by atoms with van der Waals surface area (Å²) in [5.41, 5.74) is 2.51. The minimum absolute atomic E-state index is 0.133. The highest BCUT2D eigenvalue weighted by Crippen LogP contribution is 2.24. The predicted octanol–water partition coefficient (Wildman–Crippen LogP) is 4.23. The number of anilines is 1. The van der Waals surface area contributed by atoms with Crippen LogP contribution in [-0.4, -0.2) is 9.55 Å². The third kappa shape index (κ3) is 2.51. The summed E-state index contributed by atoms with van der Waals surface area (Å²) in [6, 6.07) is 10.4. The minimum atomic E-state index is -0.876. The quantitative estimate of drug-likeness (QED) is 0.715. The molecule has 1 aromatic heterocycles. The smallest absolute Gasteiger partial charge is 0.203 e. The van der Waals surface area contributed by atoms with E-state index in [9.17, 15) is 8.78 Å². The molecule has 0 aliphatic heterocycles. The highest BCUT2D eigenvalue weighted by atomic mass is 79.9. The summed E-state index contributed by atoms with van der Waals surface area (Å²) >= 11 is 3.08. The zero-order chi connectivity index (χ0) is 15.0. The van der Waals surface area contributed by atoms with Crippen molar-refractivity contribution in [3.63, 3.8) is 0 Å². The molecule has 3 aromatic rings. The molecule has 108 valence electrons. The number of hydrogen-bond acceptors (Lipinski definition) is 2. The van der Waals surface area contributed by atoms with Crippen molar-refractivity contribution in [2.24, 2.45) is 7.05 Å². The molecule has 21 heavy (non-hydrogen) atoms. The average molecular weight is 352 g/mol. The minimum Gasteiger partial charge on any atom is -0.352 e. The van der Waals surface area contributed by atoms with E-state index in [4.69, 9.17) is 0 Å². The standard InChI is InChI=1S/C15H12BrF2N3/c1-21-12-5-3-2-4-11(12)20-15(21)19-8-9-6-7-10(17)14(18)13(9)16/h2-7H,8H2,1H3,(H,19,20). The summed E-state index contributed by atoms with van der Waals surface area (Å²) in [5, 5.41) is 3.14. The molecule has 1 N–H and O–H groups in total. The van der Waals surface area contributed by atoms with Crippen molar-refractivity contribution in [3.05, 3.63) is 58.1 Å². The van der Waals surface area contributed by atoms with Crippen LogP contribution < -0.4 is 5.32 Å². The molecule has 0 aliphatic rings. The molecule has 3 nitrogen and oxygen atoms in total. The van der Waals surface area contributed by atoms with E-state index in [0.717, 1.165) is 17.1 Å². The van der Waals surface area contributed by atoms with Crippen LogP contribution in [0.3, 0.4) is 0 Å². The van der Waals surface area contributed by atoms with Crippen LogP contribution in [0.2, 0.25) is 0 Å². The number of nitrogens with zero attached hydrogens (tertiary/aromatic N) is 2. The molecular formula is C15H12BrF2N3. The van der Waals surface area contributed by atoms with E-state index in [2.05, 4.69) is 26.2 Å². The topological polar surface area (TPSA) is 29.9 Å². The number of para-hydroxylation sites is 2. The molecule has 0 amide bonds. The van der Waals surface area contributed by atoms with Crippen molar-refractivity contribution in [2.45, 2.75) is 6.54 Å². The molecule has 0 saturated heterocycles. The fourth-order valence-electron chi connectivity index (χ4n) is 2.18. The number of imidazole rings is 1. The van der Waals surface area contributed by atoms with E-state index >= 15 is 0 Å². The van der Waals surface area contributed by atoms with Gasteiger partial charge in [-0.05, 0) is 39.7 Å². The van der Waals surface area contributed by atoms with Gasteiger partial charge in [0.2, 0.25) is 5.95 Å². The van der Waals surface area contributed by atoms with Crippen LogP contribution >= 0.6 is 15.9 Å². The van der Waals surface area contributed by atoms with E-state index in [1.54, 1.807) is 0 Å². The number of halogens is 3. The Morgan fingerprint density at radius 1 is 1.19 bits per heavy atom. The fraction of sp³-hybridized carbons (Fsp3) is 0.133. The first-order valence-electron chi connectivity index (χ1n) is 6.35. The first-order valence-corrected chi connectivity index (χ1v) is 7.15. The Morgan fingerprint density at radius 2 is 1.95 bits per heavy atom. The number of fused-ring (bicyclic) bond motifs is 1. The lowest BCUT2D eigenvalue weighted by Crippen LogP contribution is -2.06. The normalized spacial score (nSPS) is 11.0. The van der Waals surface area contributed by atoms with Crippen molar-refractivity contribution in [1.29, 1.82) is 0 Å². The number of rotatable bonds is 3. The van der Waals surface area contributed by atoms with Gasteiger partial charge < -0.3 is 9.88 Å². The summed E-state index contributed by atoms with van der Waals surface area (Å²) < 4.78 is 28.6. The van der Waals surface area contributed by atoms with Crippen LogP contribution in [-0.2, 0) is 13.6 Å². The summed E-state index contributed by atoms with van der Waals surface area (Å²) in [7, 11) is 1.90. The number of nitrogens with one attached hydrogen (secondary N) is 1. The molecule has 0 unspecified atom stereocenters. The van der Waals surface area contributed by atoms with E-state index in [-0.39, 0.29) is 4.47 Å². The molecule has 0 radical (unpaired) electrons. The van der Waals surface area contributed by atoms with Gasteiger partial charge in [-0.15, -0.1) is 0 Å². The first kappa shape index (κ1) is 14.0. The van der Waals surface area contributed by atoms with Gasteiger partial charge in [-0.25, -0.2) is 13.8 Å². The van der Waals surface area contributed by atoms with Gasteiger partial charge >= 0.3 is 0 Å². The van der Waals surface area contributed by atoms with Crippen LogP contribution in [0.1, 0.15) is 5.56 Å². The lowest BCUT2D eigenvalue weighted by atomic mass is 10.2. The van der Waals surface area contributed by atoms with Gasteiger partial charge in [0, 0.05) is 13.6 Å². The second-order valence-electron chi connectivity index (χ2n) is 4.67. The van der Waals surface area contributed by atoms with Gasteiger partial charge in [0.15, 0.2) is 11.6 Å². The maximum atomic E-state index is 13.5. The first-order chi connectivity index (χ1) is 10.1. The van der Waals surface area contributed by atoms with Crippen molar-refractivity contribution in [2.75, 3.05) is 5.32 Å². The fourth-order valence-corrected chi connectivity index (χ4v) is 2.64. The van der Waals surface area contributed by atoms with Crippen molar-refractivity contribution < 1.29 is 8.78 Å². The number of aryl methyl sites for hydroxylation is 1. The number of hydrogen-bond donors (Lipinski definition) is 1. The van der Waals surface area contributed by atoms with E-state index < -0.39 is 11.6 Å². The number of benzene rings is 2. The predicted molar refractivity (Wildman–Crippen MR) is 82.1 cm³/mol. The second kappa shape index (κ2) is 5.44. The van der Waals surface area contributed by atoms with Crippen molar-refractivity contribution >= 4 is 32.9 Å². The van der Waals surface area contributed by atoms with Crippen LogP contribution in [0.4, 0.5) is 14.7 Å². The Bertz CT molecular complexity index is 814. The van der Waals surface area contributed by atoms with E-state index in [0.29, 0.717) is 18.1 Å². The Kier molecular flexibility index (Phi) is 3.63. The van der Waals surface area contributed by atoms with Crippen molar-refractivity contribution in [1.82, 2.24) is 9.55 Å². The molecule has 0 fully saturated rings. The van der Waals surface area contributed by atoms with Crippen LogP contribution in [0, 0.1) is 11.6 Å². The monoisotopic (exact) mass is 351 g/mol. The van der Waals surface area contributed by atoms with Gasteiger partial charge in [-0.2, -0.15) is 0 Å². The third-order valence-corrected chi connectivity index (χ3v) is 4.20. The Labute approximate surface area is 128 Å². The average Bonchev–Trinajstić information content (AvgIpc) is 2.81. The molecule has 1 heterocycles. The third-order valence-electron chi connectivity index (χ3n) is 3.34. The maximum absolute atomic E-state index is 13.5. The lowest BCUT2D eigenvalue weighted by molar-refractivity contribution is 0.502. The van der Waals surface area contributed by atoms with E-state index in [1.807, 2.05) is 35.9 Å².